The van der Waals surface area contributed by atoms with Crippen LogP contribution >= 0.6 is 0 Å². The number of esters is 2. The third kappa shape index (κ3) is 27.3. The van der Waals surface area contributed by atoms with Gasteiger partial charge >= 0.3 is 11.9 Å². The zero-order valence-corrected chi connectivity index (χ0v) is 24.3. The number of carbonyl (C=O) groups is 2. The van der Waals surface area contributed by atoms with E-state index in [4.69, 9.17) is 9.47 Å². The maximum absolute atomic E-state index is 11.8. The minimum absolute atomic E-state index is 0.116. The highest BCUT2D eigenvalue weighted by Crippen LogP contribution is 2.14. The largest absolute Gasteiger partial charge is 0.463 e. The van der Waals surface area contributed by atoms with Crippen molar-refractivity contribution in [3.8, 4) is 0 Å². The molecule has 0 aromatic heterocycles. The van der Waals surface area contributed by atoms with Gasteiger partial charge in [0.25, 0.3) is 0 Å². The molecule has 0 aliphatic carbocycles. The molecular formula is C32H60O4. The number of hydrogen-bond donors (Lipinski definition) is 0. The van der Waals surface area contributed by atoms with Crippen LogP contribution in [-0.2, 0) is 19.1 Å². The standard InChI is InChI=1S/C32H60O4/c1-4-6-8-10-12-13-14-15-16-17-18-19-20-21-23-25-29-35-31(33)27-28-32(34)36-30(3)26-24-22-11-9-7-5-2/h27-28,30H,4-26,29H2,1-3H3/b28-27+. The maximum atomic E-state index is 11.8. The predicted octanol–water partition coefficient (Wildman–Crippen LogP) is 10.0. The highest BCUT2D eigenvalue weighted by atomic mass is 16.5. The molecule has 0 saturated carbocycles. The summed E-state index contributed by atoms with van der Waals surface area (Å²) in [6.07, 6.45) is 31.6. The van der Waals surface area contributed by atoms with Crippen LogP contribution in [0, 0.1) is 0 Å². The summed E-state index contributed by atoms with van der Waals surface area (Å²) in [5.41, 5.74) is 0. The van der Waals surface area contributed by atoms with Crippen LogP contribution in [-0.4, -0.2) is 24.6 Å². The number of rotatable bonds is 27. The van der Waals surface area contributed by atoms with Crippen molar-refractivity contribution < 1.29 is 19.1 Å². The molecule has 0 aliphatic heterocycles. The van der Waals surface area contributed by atoms with Gasteiger partial charge in [0.2, 0.25) is 0 Å². The summed E-state index contributed by atoms with van der Waals surface area (Å²) < 4.78 is 10.5. The monoisotopic (exact) mass is 508 g/mol. The molecule has 0 bridgehead atoms. The Labute approximate surface area is 224 Å². The highest BCUT2D eigenvalue weighted by Gasteiger charge is 2.07. The Hall–Kier alpha value is -1.32. The quantitative estimate of drug-likeness (QED) is 0.0629. The van der Waals surface area contributed by atoms with E-state index in [-0.39, 0.29) is 6.10 Å². The van der Waals surface area contributed by atoms with E-state index in [1.807, 2.05) is 6.92 Å². The molecule has 0 rings (SSSR count). The van der Waals surface area contributed by atoms with E-state index in [1.165, 1.54) is 134 Å². The van der Waals surface area contributed by atoms with E-state index in [0.717, 1.165) is 25.7 Å². The van der Waals surface area contributed by atoms with Crippen LogP contribution in [0.3, 0.4) is 0 Å². The molecule has 1 atom stereocenters. The zero-order valence-electron chi connectivity index (χ0n) is 24.3. The van der Waals surface area contributed by atoms with Gasteiger partial charge in [-0.25, -0.2) is 9.59 Å². The fraction of sp³-hybridized carbons (Fsp3) is 0.875. The summed E-state index contributed by atoms with van der Waals surface area (Å²) in [6.45, 7) is 6.82. The number of unbranched alkanes of at least 4 members (excludes halogenated alkanes) is 20. The minimum atomic E-state index is -0.465. The molecule has 0 amide bonds. The molecular weight excluding hydrogens is 448 g/mol. The predicted molar refractivity (Wildman–Crippen MR) is 153 cm³/mol. The smallest absolute Gasteiger partial charge is 0.331 e. The van der Waals surface area contributed by atoms with Crippen LogP contribution in [0.2, 0.25) is 0 Å². The summed E-state index contributed by atoms with van der Waals surface area (Å²) >= 11 is 0. The number of ether oxygens (including phenoxy) is 2. The normalized spacial score (nSPS) is 12.2. The number of carbonyl (C=O) groups excluding carboxylic acids is 2. The summed E-state index contributed by atoms with van der Waals surface area (Å²) in [6, 6.07) is 0. The van der Waals surface area contributed by atoms with Gasteiger partial charge in [0.05, 0.1) is 12.7 Å². The lowest BCUT2D eigenvalue weighted by molar-refractivity contribution is -0.143. The Kier molecular flexibility index (Phi) is 27.2. The third-order valence-corrected chi connectivity index (χ3v) is 6.88. The molecule has 4 nitrogen and oxygen atoms in total. The van der Waals surface area contributed by atoms with Crippen LogP contribution in [0.5, 0.6) is 0 Å². The van der Waals surface area contributed by atoms with Crippen molar-refractivity contribution in [2.45, 2.75) is 175 Å². The summed E-state index contributed by atoms with van der Waals surface area (Å²) in [7, 11) is 0. The fourth-order valence-electron chi connectivity index (χ4n) is 4.52. The lowest BCUT2D eigenvalue weighted by Gasteiger charge is -2.11. The van der Waals surface area contributed by atoms with Gasteiger partial charge < -0.3 is 9.47 Å². The van der Waals surface area contributed by atoms with Gasteiger partial charge in [-0.15, -0.1) is 0 Å². The molecule has 0 aromatic carbocycles. The van der Waals surface area contributed by atoms with Crippen molar-refractivity contribution in [1.29, 1.82) is 0 Å². The molecule has 0 fully saturated rings. The van der Waals surface area contributed by atoms with E-state index < -0.39 is 11.9 Å². The first-order valence-electron chi connectivity index (χ1n) is 15.7. The van der Waals surface area contributed by atoms with Gasteiger partial charge in [-0.1, -0.05) is 142 Å². The molecule has 0 aromatic rings. The topological polar surface area (TPSA) is 52.6 Å². The van der Waals surface area contributed by atoms with E-state index in [2.05, 4.69) is 13.8 Å². The van der Waals surface area contributed by atoms with Crippen LogP contribution in [0.15, 0.2) is 12.2 Å². The average Bonchev–Trinajstić information content (AvgIpc) is 2.86. The van der Waals surface area contributed by atoms with E-state index in [0.29, 0.717) is 6.61 Å². The zero-order chi connectivity index (χ0) is 26.5. The first-order chi connectivity index (χ1) is 17.6. The van der Waals surface area contributed by atoms with Gasteiger partial charge in [0.1, 0.15) is 0 Å². The molecule has 0 saturated heterocycles. The van der Waals surface area contributed by atoms with Crippen molar-refractivity contribution in [2.75, 3.05) is 6.61 Å². The first-order valence-corrected chi connectivity index (χ1v) is 15.7. The SMILES string of the molecule is CCCCCCCCCCCCCCCCCCOC(=O)/C=C/C(=O)OC(C)CCCCCCCC. The van der Waals surface area contributed by atoms with Gasteiger partial charge in [-0.2, -0.15) is 0 Å². The van der Waals surface area contributed by atoms with E-state index in [1.54, 1.807) is 0 Å². The van der Waals surface area contributed by atoms with Crippen LogP contribution in [0.1, 0.15) is 168 Å². The third-order valence-electron chi connectivity index (χ3n) is 6.88. The Morgan fingerprint density at radius 1 is 0.528 bits per heavy atom. The van der Waals surface area contributed by atoms with Gasteiger partial charge in [-0.3, -0.25) is 0 Å². The van der Waals surface area contributed by atoms with Gasteiger partial charge in [-0.05, 0) is 26.2 Å². The minimum Gasteiger partial charge on any atom is -0.463 e. The molecule has 1 unspecified atom stereocenters. The molecule has 0 spiro atoms. The van der Waals surface area contributed by atoms with E-state index in [9.17, 15) is 9.59 Å². The molecule has 0 aliphatic rings. The Morgan fingerprint density at radius 3 is 1.33 bits per heavy atom. The van der Waals surface area contributed by atoms with E-state index >= 15 is 0 Å². The summed E-state index contributed by atoms with van der Waals surface area (Å²) in [5.74, 6) is -0.927. The second kappa shape index (κ2) is 28.3. The van der Waals surface area contributed by atoms with Crippen molar-refractivity contribution in [2.24, 2.45) is 0 Å². The second-order valence-electron chi connectivity index (χ2n) is 10.6. The Balaban J connectivity index is 3.44. The summed E-state index contributed by atoms with van der Waals surface area (Å²) in [4.78, 5) is 23.6. The van der Waals surface area contributed by atoms with Crippen molar-refractivity contribution in [3.05, 3.63) is 12.2 Å². The molecule has 4 heteroatoms. The van der Waals surface area contributed by atoms with Crippen molar-refractivity contribution in [3.63, 3.8) is 0 Å². The average molecular weight is 509 g/mol. The Morgan fingerprint density at radius 2 is 0.889 bits per heavy atom. The van der Waals surface area contributed by atoms with Crippen LogP contribution in [0.25, 0.3) is 0 Å². The second-order valence-corrected chi connectivity index (χ2v) is 10.6. The first kappa shape index (κ1) is 34.7. The molecule has 36 heavy (non-hydrogen) atoms. The fourth-order valence-corrected chi connectivity index (χ4v) is 4.52. The Bertz CT molecular complexity index is 514. The van der Waals surface area contributed by atoms with Gasteiger partial charge in [0, 0.05) is 12.2 Å². The molecule has 0 N–H and O–H groups in total. The lowest BCUT2D eigenvalue weighted by atomic mass is 10.0. The van der Waals surface area contributed by atoms with Crippen molar-refractivity contribution >= 4 is 11.9 Å². The molecule has 0 radical (unpaired) electrons. The molecule has 212 valence electrons. The maximum Gasteiger partial charge on any atom is 0.331 e. The highest BCUT2D eigenvalue weighted by molar-refractivity contribution is 5.91. The van der Waals surface area contributed by atoms with Gasteiger partial charge in [0.15, 0.2) is 0 Å². The van der Waals surface area contributed by atoms with Crippen LogP contribution < -0.4 is 0 Å². The molecule has 0 heterocycles. The van der Waals surface area contributed by atoms with Crippen LogP contribution in [0.4, 0.5) is 0 Å². The lowest BCUT2D eigenvalue weighted by Crippen LogP contribution is -2.13. The number of hydrogen-bond acceptors (Lipinski definition) is 4. The summed E-state index contributed by atoms with van der Waals surface area (Å²) in [5, 5.41) is 0. The van der Waals surface area contributed by atoms with Crippen molar-refractivity contribution in [1.82, 2.24) is 0 Å².